The Morgan fingerprint density at radius 3 is 2.75 bits per heavy atom. The molecular weight excluding hydrogens is 156 g/mol. The van der Waals surface area contributed by atoms with Gasteiger partial charge in [-0.3, -0.25) is 9.78 Å². The Balaban J connectivity index is 3.13. The minimum atomic E-state index is -0.110. The molecule has 64 valence electrons. The molecule has 0 atom stereocenters. The van der Waals surface area contributed by atoms with Gasteiger partial charge in [0.2, 0.25) is 5.88 Å². The van der Waals surface area contributed by atoms with Crippen LogP contribution >= 0.6 is 0 Å². The molecule has 4 heteroatoms. The van der Waals surface area contributed by atoms with Crippen LogP contribution in [0.5, 0.6) is 5.88 Å². The van der Waals surface area contributed by atoms with E-state index in [1.165, 1.54) is 20.2 Å². The molecule has 4 nitrogen and oxygen atoms in total. The van der Waals surface area contributed by atoms with Crippen LogP contribution in [-0.2, 0) is 0 Å². The predicted octanol–water partition coefficient (Wildman–Crippen LogP) is 0.996. The second kappa shape index (κ2) is 3.30. The summed E-state index contributed by atoms with van der Waals surface area (Å²) in [6.45, 7) is 3.22. The fourth-order valence-electron chi connectivity index (χ4n) is 0.795. The number of carbonyl (C=O) groups excluding carboxylic acids is 1. The Kier molecular flexibility index (Phi) is 2.38. The molecule has 12 heavy (non-hydrogen) atoms. The van der Waals surface area contributed by atoms with E-state index in [0.29, 0.717) is 17.3 Å². The molecule has 0 spiro atoms. The Morgan fingerprint density at radius 2 is 2.25 bits per heavy atom. The number of ketones is 1. The van der Waals surface area contributed by atoms with Gasteiger partial charge in [0.15, 0.2) is 5.78 Å². The van der Waals surface area contributed by atoms with Crippen LogP contribution in [0.4, 0.5) is 0 Å². The predicted molar refractivity (Wildman–Crippen MR) is 43.3 cm³/mol. The maximum Gasteiger partial charge on any atom is 0.235 e. The quantitative estimate of drug-likeness (QED) is 0.615. The molecule has 0 fully saturated rings. The molecule has 0 aliphatic rings. The highest BCUT2D eigenvalue weighted by atomic mass is 16.5. The zero-order valence-electron chi connectivity index (χ0n) is 7.29. The molecule has 1 aromatic rings. The Labute approximate surface area is 70.6 Å². The van der Waals surface area contributed by atoms with Crippen molar-refractivity contribution in [1.29, 1.82) is 0 Å². The third-order valence-corrected chi connectivity index (χ3v) is 1.47. The van der Waals surface area contributed by atoms with Gasteiger partial charge in [-0.2, -0.15) is 0 Å². The molecule has 1 rings (SSSR count). The van der Waals surface area contributed by atoms with Crippen molar-refractivity contribution < 1.29 is 9.53 Å². The number of hydrogen-bond donors (Lipinski definition) is 0. The summed E-state index contributed by atoms with van der Waals surface area (Å²) in [7, 11) is 1.50. The number of rotatable bonds is 2. The maximum absolute atomic E-state index is 10.9. The molecule has 0 aromatic carbocycles. The van der Waals surface area contributed by atoms with Crippen molar-refractivity contribution in [3.63, 3.8) is 0 Å². The van der Waals surface area contributed by atoms with Gasteiger partial charge in [-0.1, -0.05) is 0 Å². The molecule has 0 saturated heterocycles. The number of nitrogens with zero attached hydrogens (tertiary/aromatic N) is 2. The van der Waals surface area contributed by atoms with Crippen molar-refractivity contribution in [1.82, 2.24) is 9.97 Å². The highest BCUT2D eigenvalue weighted by Crippen LogP contribution is 2.10. The molecule has 1 heterocycles. The lowest BCUT2D eigenvalue weighted by Gasteiger charge is -2.02. The van der Waals surface area contributed by atoms with E-state index in [9.17, 15) is 4.79 Å². The Hall–Kier alpha value is -1.45. The standard InChI is InChI=1S/C8H10N2O2/c1-5-8(12-3)10-7(4-9-5)6(2)11/h4H,1-3H3. The lowest BCUT2D eigenvalue weighted by atomic mass is 10.3. The number of aryl methyl sites for hydroxylation is 1. The highest BCUT2D eigenvalue weighted by molar-refractivity contribution is 5.91. The summed E-state index contributed by atoms with van der Waals surface area (Å²) in [6.07, 6.45) is 1.44. The van der Waals surface area contributed by atoms with Gasteiger partial charge in [0.05, 0.1) is 19.0 Å². The van der Waals surface area contributed by atoms with E-state index in [1.54, 1.807) is 6.92 Å². The molecule has 1 aromatic heterocycles. The summed E-state index contributed by atoms with van der Waals surface area (Å²) in [6, 6.07) is 0. The minimum Gasteiger partial charge on any atom is -0.480 e. The van der Waals surface area contributed by atoms with Crippen LogP contribution < -0.4 is 4.74 Å². The molecule has 0 saturated carbocycles. The highest BCUT2D eigenvalue weighted by Gasteiger charge is 2.06. The smallest absolute Gasteiger partial charge is 0.235 e. The van der Waals surface area contributed by atoms with E-state index in [4.69, 9.17) is 4.74 Å². The Morgan fingerprint density at radius 1 is 1.58 bits per heavy atom. The average molecular weight is 166 g/mol. The van der Waals surface area contributed by atoms with Crippen LogP contribution in [0.3, 0.4) is 0 Å². The van der Waals surface area contributed by atoms with Crippen LogP contribution in [0.2, 0.25) is 0 Å². The van der Waals surface area contributed by atoms with Crippen LogP contribution in [0.15, 0.2) is 6.20 Å². The van der Waals surface area contributed by atoms with E-state index in [1.807, 2.05) is 0 Å². The van der Waals surface area contributed by atoms with Gasteiger partial charge < -0.3 is 4.74 Å². The summed E-state index contributed by atoms with van der Waals surface area (Å²) in [4.78, 5) is 18.8. The molecule has 0 aliphatic heterocycles. The topological polar surface area (TPSA) is 52.1 Å². The van der Waals surface area contributed by atoms with E-state index in [2.05, 4.69) is 9.97 Å². The summed E-state index contributed by atoms with van der Waals surface area (Å²) < 4.78 is 4.91. The Bertz CT molecular complexity index is 310. The van der Waals surface area contributed by atoms with Gasteiger partial charge >= 0.3 is 0 Å². The van der Waals surface area contributed by atoms with E-state index in [-0.39, 0.29) is 5.78 Å². The monoisotopic (exact) mass is 166 g/mol. The molecule has 0 amide bonds. The molecular formula is C8H10N2O2. The number of aromatic nitrogens is 2. The second-order valence-electron chi connectivity index (χ2n) is 2.41. The second-order valence-corrected chi connectivity index (χ2v) is 2.41. The fraction of sp³-hybridized carbons (Fsp3) is 0.375. The van der Waals surface area contributed by atoms with Gasteiger partial charge in [0, 0.05) is 6.92 Å². The van der Waals surface area contributed by atoms with Crippen LogP contribution in [0, 0.1) is 6.92 Å². The maximum atomic E-state index is 10.9. The number of Topliss-reactive ketones (excluding diaryl/α,β-unsaturated/α-hetero) is 1. The average Bonchev–Trinajstić information content (AvgIpc) is 2.05. The molecule has 0 N–H and O–H groups in total. The van der Waals surface area contributed by atoms with Crippen molar-refractivity contribution in [2.45, 2.75) is 13.8 Å². The first-order valence-electron chi connectivity index (χ1n) is 3.53. The zero-order valence-corrected chi connectivity index (χ0v) is 7.29. The molecule has 0 bridgehead atoms. The van der Waals surface area contributed by atoms with Crippen molar-refractivity contribution in [2.75, 3.05) is 7.11 Å². The van der Waals surface area contributed by atoms with Gasteiger partial charge in [0.25, 0.3) is 0 Å². The first-order valence-corrected chi connectivity index (χ1v) is 3.53. The lowest BCUT2D eigenvalue weighted by Crippen LogP contribution is -2.02. The minimum absolute atomic E-state index is 0.110. The third-order valence-electron chi connectivity index (χ3n) is 1.47. The van der Waals surface area contributed by atoms with Crippen molar-refractivity contribution in [3.05, 3.63) is 17.6 Å². The molecule has 0 radical (unpaired) electrons. The first-order chi connectivity index (χ1) is 5.65. The number of hydrogen-bond acceptors (Lipinski definition) is 4. The van der Waals surface area contributed by atoms with Gasteiger partial charge in [0.1, 0.15) is 5.69 Å². The number of carbonyl (C=O) groups is 1. The van der Waals surface area contributed by atoms with Crippen LogP contribution in [-0.4, -0.2) is 22.9 Å². The van der Waals surface area contributed by atoms with Crippen LogP contribution in [0.1, 0.15) is 23.1 Å². The van der Waals surface area contributed by atoms with Crippen molar-refractivity contribution in [2.24, 2.45) is 0 Å². The van der Waals surface area contributed by atoms with Crippen LogP contribution in [0.25, 0.3) is 0 Å². The lowest BCUT2D eigenvalue weighted by molar-refractivity contribution is 0.101. The van der Waals surface area contributed by atoms with Crippen molar-refractivity contribution >= 4 is 5.78 Å². The van der Waals surface area contributed by atoms with E-state index in [0.717, 1.165) is 0 Å². The SMILES string of the molecule is COc1nc(C(C)=O)cnc1C. The number of ether oxygens (including phenoxy) is 1. The third kappa shape index (κ3) is 1.58. The van der Waals surface area contributed by atoms with E-state index >= 15 is 0 Å². The number of methoxy groups -OCH3 is 1. The summed E-state index contributed by atoms with van der Waals surface area (Å²) in [5.41, 5.74) is 1.01. The molecule has 0 aliphatic carbocycles. The first kappa shape index (κ1) is 8.64. The normalized spacial score (nSPS) is 9.58. The zero-order chi connectivity index (χ0) is 9.14. The molecule has 0 unspecified atom stereocenters. The summed E-state index contributed by atoms with van der Waals surface area (Å²) in [5, 5.41) is 0. The fourth-order valence-corrected chi connectivity index (χ4v) is 0.795. The summed E-state index contributed by atoms with van der Waals surface area (Å²) >= 11 is 0. The van der Waals surface area contributed by atoms with Crippen molar-refractivity contribution in [3.8, 4) is 5.88 Å². The van der Waals surface area contributed by atoms with Gasteiger partial charge in [-0.15, -0.1) is 0 Å². The van der Waals surface area contributed by atoms with E-state index < -0.39 is 0 Å². The van der Waals surface area contributed by atoms with Gasteiger partial charge in [-0.25, -0.2) is 4.98 Å². The summed E-state index contributed by atoms with van der Waals surface area (Å²) in [5.74, 6) is 0.295. The largest absolute Gasteiger partial charge is 0.480 e. The van der Waals surface area contributed by atoms with Gasteiger partial charge in [-0.05, 0) is 6.92 Å².